The minimum absolute atomic E-state index is 0.0185. The van der Waals surface area contributed by atoms with Gasteiger partial charge in [0, 0.05) is 68.5 Å². The Morgan fingerprint density at radius 2 is 1.76 bits per heavy atom. The standard InChI is InChI=1S/C33H36Cl2FN5O4/c1-3-32(44,20-40-12-10-39(2)11-13-40)22-14-27-30(28(36)15-22)33(21-4-6-23(34)7-5-21,45-26-9-8-25(42)16-26)41(31(27)43)19-29-37-17-24(35)18-38-29/h4-7,14-15,17-18,26,44H,3,8-13,16,19-20H2,1-2H3/t26-,32+,33+/m0/s1. The summed E-state index contributed by atoms with van der Waals surface area (Å²) in [5, 5.41) is 12.7. The molecule has 0 spiro atoms. The zero-order valence-corrected chi connectivity index (χ0v) is 26.8. The van der Waals surface area contributed by atoms with Gasteiger partial charge in [0.15, 0.2) is 0 Å². The van der Waals surface area contributed by atoms with Crippen molar-refractivity contribution in [1.82, 2.24) is 24.7 Å². The molecule has 0 radical (unpaired) electrons. The first kappa shape index (κ1) is 32.0. The Bertz CT molecular complexity index is 1590. The highest BCUT2D eigenvalue weighted by atomic mass is 35.5. The second-order valence-electron chi connectivity index (χ2n) is 12.2. The summed E-state index contributed by atoms with van der Waals surface area (Å²) < 4.78 is 23.6. The van der Waals surface area contributed by atoms with Gasteiger partial charge in [-0.05, 0) is 49.7 Å². The molecule has 1 aromatic heterocycles. The lowest BCUT2D eigenvalue weighted by Crippen LogP contribution is -2.50. The summed E-state index contributed by atoms with van der Waals surface area (Å²) in [6.45, 7) is 5.29. The number of hydrogen-bond acceptors (Lipinski definition) is 8. The van der Waals surface area contributed by atoms with Gasteiger partial charge < -0.3 is 14.7 Å². The largest absolute Gasteiger partial charge is 0.384 e. The lowest BCUT2D eigenvalue weighted by atomic mass is 9.85. The number of Topliss-reactive ketones (excluding diaryl/α,β-unsaturated/α-hetero) is 1. The van der Waals surface area contributed by atoms with Crippen molar-refractivity contribution in [3.05, 3.63) is 92.7 Å². The first-order valence-corrected chi connectivity index (χ1v) is 16.0. The van der Waals surface area contributed by atoms with Gasteiger partial charge in [0.25, 0.3) is 5.91 Å². The van der Waals surface area contributed by atoms with Crippen molar-refractivity contribution in [1.29, 1.82) is 0 Å². The zero-order chi connectivity index (χ0) is 31.9. The third-order valence-corrected chi connectivity index (χ3v) is 9.68. The van der Waals surface area contributed by atoms with Crippen LogP contribution in [0, 0.1) is 5.82 Å². The highest BCUT2D eigenvalue weighted by Gasteiger charge is 2.56. The van der Waals surface area contributed by atoms with E-state index in [0.717, 1.165) is 26.2 Å². The number of likely N-dealkylation sites (N-methyl/N-ethyl adjacent to an activating group) is 1. The zero-order valence-electron chi connectivity index (χ0n) is 25.3. The first-order chi connectivity index (χ1) is 21.5. The number of aliphatic hydroxyl groups is 1. The normalized spacial score (nSPS) is 23.9. The van der Waals surface area contributed by atoms with Crippen LogP contribution < -0.4 is 0 Å². The second kappa shape index (κ2) is 12.7. The Morgan fingerprint density at radius 1 is 1.07 bits per heavy atom. The monoisotopic (exact) mass is 655 g/mol. The summed E-state index contributed by atoms with van der Waals surface area (Å²) in [5.74, 6) is -0.900. The van der Waals surface area contributed by atoms with E-state index in [0.29, 0.717) is 47.0 Å². The number of β-amino-alcohol motifs (C(OH)–C–C–N with tert-alkyl or cyclic N) is 1. The van der Waals surface area contributed by atoms with Crippen molar-refractivity contribution in [3.63, 3.8) is 0 Å². The van der Waals surface area contributed by atoms with Gasteiger partial charge >= 0.3 is 0 Å². The number of ether oxygens (including phenoxy) is 1. The molecule has 3 heterocycles. The fourth-order valence-corrected chi connectivity index (χ4v) is 6.85. The fraction of sp³-hybridized carbons (Fsp3) is 0.455. The highest BCUT2D eigenvalue weighted by molar-refractivity contribution is 6.30. The van der Waals surface area contributed by atoms with E-state index in [2.05, 4.69) is 26.8 Å². The molecule has 3 aromatic rings. The van der Waals surface area contributed by atoms with Gasteiger partial charge in [0.05, 0.1) is 28.8 Å². The van der Waals surface area contributed by atoms with Crippen LogP contribution in [0.4, 0.5) is 4.39 Å². The topological polar surface area (TPSA) is 99.1 Å². The van der Waals surface area contributed by atoms with Crippen molar-refractivity contribution in [2.75, 3.05) is 39.8 Å². The first-order valence-electron chi connectivity index (χ1n) is 15.2. The Kier molecular flexibility index (Phi) is 8.99. The maximum Gasteiger partial charge on any atom is 0.257 e. The molecule has 1 N–H and O–H groups in total. The summed E-state index contributed by atoms with van der Waals surface area (Å²) in [6, 6.07) is 9.61. The number of aromatic nitrogens is 2. The third kappa shape index (κ3) is 6.12. The molecule has 1 amide bonds. The highest BCUT2D eigenvalue weighted by Crippen LogP contribution is 2.50. The van der Waals surface area contributed by atoms with Crippen molar-refractivity contribution in [2.45, 2.75) is 56.6 Å². The van der Waals surface area contributed by atoms with Gasteiger partial charge in [-0.25, -0.2) is 14.4 Å². The van der Waals surface area contributed by atoms with Crippen LogP contribution in [0.5, 0.6) is 0 Å². The number of carbonyl (C=O) groups excluding carboxylic acids is 2. The molecule has 238 valence electrons. The SMILES string of the molecule is CC[C@@](O)(CN1CCN(C)CC1)c1cc(F)c2c(c1)C(=O)N(Cc1ncc(Cl)cn1)[C@@]2(O[C@H]1CCC(=O)C1)c1ccc(Cl)cc1. The van der Waals surface area contributed by atoms with Gasteiger partial charge in [-0.1, -0.05) is 42.3 Å². The molecule has 1 saturated heterocycles. The molecule has 2 aliphatic heterocycles. The number of fused-ring (bicyclic) bond motifs is 1. The molecule has 12 heteroatoms. The van der Waals surface area contributed by atoms with Crippen molar-refractivity contribution in [2.24, 2.45) is 0 Å². The molecule has 0 bridgehead atoms. The molecule has 1 aliphatic carbocycles. The minimum Gasteiger partial charge on any atom is -0.384 e. The smallest absolute Gasteiger partial charge is 0.257 e. The third-order valence-electron chi connectivity index (χ3n) is 9.23. The van der Waals surface area contributed by atoms with Crippen molar-refractivity contribution < 1.29 is 23.8 Å². The lowest BCUT2D eigenvalue weighted by Gasteiger charge is -2.41. The summed E-state index contributed by atoms with van der Waals surface area (Å²) in [6.07, 6.45) is 3.52. The molecule has 3 atom stereocenters. The second-order valence-corrected chi connectivity index (χ2v) is 13.1. The van der Waals surface area contributed by atoms with Crippen LogP contribution in [0.3, 0.4) is 0 Å². The maximum absolute atomic E-state index is 16.9. The minimum atomic E-state index is -1.76. The van der Waals surface area contributed by atoms with Crippen LogP contribution in [0.25, 0.3) is 0 Å². The number of hydrogen-bond donors (Lipinski definition) is 1. The number of ketones is 1. The average molecular weight is 657 g/mol. The molecule has 1 saturated carbocycles. The summed E-state index contributed by atoms with van der Waals surface area (Å²) in [5.41, 5.74) is -2.30. The molecule has 45 heavy (non-hydrogen) atoms. The Labute approximate surface area is 271 Å². The van der Waals surface area contributed by atoms with E-state index in [4.69, 9.17) is 27.9 Å². The predicted octanol–water partition coefficient (Wildman–Crippen LogP) is 4.76. The molecule has 9 nitrogen and oxygen atoms in total. The van der Waals surface area contributed by atoms with Gasteiger partial charge in [-0.15, -0.1) is 0 Å². The number of rotatable bonds is 9. The van der Waals surface area contributed by atoms with Crippen molar-refractivity contribution in [3.8, 4) is 0 Å². The number of piperazine rings is 1. The number of nitrogens with zero attached hydrogens (tertiary/aromatic N) is 5. The van der Waals surface area contributed by atoms with E-state index in [1.165, 1.54) is 23.4 Å². The quantitative estimate of drug-likeness (QED) is 0.352. The number of amides is 1. The summed E-state index contributed by atoms with van der Waals surface area (Å²) in [4.78, 5) is 41.3. The number of benzene rings is 2. The van der Waals surface area contributed by atoms with Crippen LogP contribution in [-0.2, 0) is 27.4 Å². The molecule has 3 aliphatic rings. The van der Waals surface area contributed by atoms with Gasteiger partial charge in [-0.2, -0.15) is 0 Å². The van der Waals surface area contributed by atoms with Crippen LogP contribution in [0.15, 0.2) is 48.8 Å². The molecular formula is C33H36Cl2FN5O4. The summed E-state index contributed by atoms with van der Waals surface area (Å²) in [7, 11) is 2.06. The van der Waals surface area contributed by atoms with E-state index in [1.54, 1.807) is 30.3 Å². The molecule has 6 rings (SSSR count). The lowest BCUT2D eigenvalue weighted by molar-refractivity contribution is -0.149. The van der Waals surface area contributed by atoms with E-state index in [9.17, 15) is 14.7 Å². The van der Waals surface area contributed by atoms with E-state index in [1.807, 2.05) is 6.92 Å². The summed E-state index contributed by atoms with van der Waals surface area (Å²) >= 11 is 12.3. The predicted molar refractivity (Wildman–Crippen MR) is 167 cm³/mol. The average Bonchev–Trinajstić information content (AvgIpc) is 3.54. The molecular weight excluding hydrogens is 620 g/mol. The fourth-order valence-electron chi connectivity index (χ4n) is 6.63. The van der Waals surface area contributed by atoms with Crippen LogP contribution in [0.1, 0.15) is 65.5 Å². The molecule has 2 fully saturated rings. The Morgan fingerprint density at radius 3 is 2.38 bits per heavy atom. The Hall–Kier alpha value is -2.99. The maximum atomic E-state index is 16.9. The van der Waals surface area contributed by atoms with E-state index in [-0.39, 0.29) is 35.7 Å². The Balaban J connectivity index is 1.50. The van der Waals surface area contributed by atoms with E-state index >= 15 is 4.39 Å². The van der Waals surface area contributed by atoms with Gasteiger partial charge in [0.2, 0.25) is 5.72 Å². The molecule has 2 aromatic carbocycles. The molecule has 0 unspecified atom stereocenters. The van der Waals surface area contributed by atoms with Crippen LogP contribution in [0.2, 0.25) is 10.0 Å². The van der Waals surface area contributed by atoms with Crippen LogP contribution >= 0.6 is 23.2 Å². The van der Waals surface area contributed by atoms with Crippen LogP contribution in [-0.4, -0.2) is 87.3 Å². The number of halogens is 3. The van der Waals surface area contributed by atoms with E-state index < -0.39 is 29.2 Å². The van der Waals surface area contributed by atoms with Gasteiger partial charge in [-0.3, -0.25) is 19.4 Å². The van der Waals surface area contributed by atoms with Gasteiger partial charge in [0.1, 0.15) is 23.0 Å². The number of carbonyl (C=O) groups is 2. The van der Waals surface area contributed by atoms with Crippen molar-refractivity contribution >= 4 is 34.9 Å².